The Balaban J connectivity index is 2.26. The quantitative estimate of drug-likeness (QED) is 0.699. The van der Waals surface area contributed by atoms with E-state index in [1.807, 2.05) is 0 Å². The minimum atomic E-state index is 0.364. The maximum absolute atomic E-state index is 5.73. The molecular weight excluding hydrogens is 150 g/mol. The normalized spacial score (nSPS) is 30.5. The van der Waals surface area contributed by atoms with Gasteiger partial charge in [-0.3, -0.25) is 0 Å². The van der Waals surface area contributed by atoms with E-state index in [4.69, 9.17) is 4.74 Å². The molecule has 0 spiro atoms. The van der Waals surface area contributed by atoms with Crippen molar-refractivity contribution < 1.29 is 4.74 Å². The molecule has 1 saturated heterocycles. The molecule has 2 heteroatoms. The van der Waals surface area contributed by atoms with Crippen molar-refractivity contribution in [2.75, 3.05) is 6.54 Å². The molecule has 0 aromatic heterocycles. The second kappa shape index (κ2) is 4.24. The minimum Gasteiger partial charge on any atom is -0.374 e. The zero-order valence-electron chi connectivity index (χ0n) is 8.63. The van der Waals surface area contributed by atoms with Gasteiger partial charge in [0.2, 0.25) is 0 Å². The highest BCUT2D eigenvalue weighted by Gasteiger charge is 2.26. The minimum absolute atomic E-state index is 0.364. The Morgan fingerprint density at radius 1 is 1.25 bits per heavy atom. The van der Waals surface area contributed by atoms with E-state index < -0.39 is 0 Å². The van der Waals surface area contributed by atoms with Crippen LogP contribution in [0.4, 0.5) is 0 Å². The van der Waals surface area contributed by atoms with Gasteiger partial charge in [-0.1, -0.05) is 13.8 Å². The Morgan fingerprint density at radius 3 is 2.33 bits per heavy atom. The molecule has 0 radical (unpaired) electrons. The second-order valence-electron chi connectivity index (χ2n) is 4.30. The molecule has 1 fully saturated rings. The van der Waals surface area contributed by atoms with Crippen LogP contribution in [0.15, 0.2) is 0 Å². The van der Waals surface area contributed by atoms with Gasteiger partial charge in [0.05, 0.1) is 12.2 Å². The predicted molar refractivity (Wildman–Crippen MR) is 51.3 cm³/mol. The zero-order chi connectivity index (χ0) is 9.14. The third-order valence-electron chi connectivity index (χ3n) is 2.39. The highest BCUT2D eigenvalue weighted by atomic mass is 16.5. The summed E-state index contributed by atoms with van der Waals surface area (Å²) < 4.78 is 5.73. The van der Waals surface area contributed by atoms with Gasteiger partial charge in [-0.05, 0) is 26.2 Å². The largest absolute Gasteiger partial charge is 0.374 e. The van der Waals surface area contributed by atoms with Gasteiger partial charge >= 0.3 is 0 Å². The van der Waals surface area contributed by atoms with Crippen molar-refractivity contribution in [3.63, 3.8) is 0 Å². The lowest BCUT2D eigenvalue weighted by molar-refractivity contribution is 0.0180. The Labute approximate surface area is 75.7 Å². The van der Waals surface area contributed by atoms with Crippen molar-refractivity contribution in [1.29, 1.82) is 0 Å². The standard InChI is InChI=1S/C10H21NO/c1-7(2)10-5-9(6-11-10)12-8(3)4/h7-11H,5-6H2,1-4H3. The molecule has 0 bridgehead atoms. The Morgan fingerprint density at radius 2 is 1.92 bits per heavy atom. The van der Waals surface area contributed by atoms with Gasteiger partial charge in [-0.15, -0.1) is 0 Å². The number of nitrogens with one attached hydrogen (secondary N) is 1. The molecule has 12 heavy (non-hydrogen) atoms. The van der Waals surface area contributed by atoms with Crippen LogP contribution < -0.4 is 5.32 Å². The Kier molecular flexibility index (Phi) is 3.53. The molecule has 0 aromatic rings. The van der Waals surface area contributed by atoms with Crippen LogP contribution in [0.5, 0.6) is 0 Å². The molecule has 1 rings (SSSR count). The van der Waals surface area contributed by atoms with E-state index >= 15 is 0 Å². The van der Waals surface area contributed by atoms with E-state index in [-0.39, 0.29) is 0 Å². The van der Waals surface area contributed by atoms with Gasteiger partial charge in [0, 0.05) is 12.6 Å². The van der Waals surface area contributed by atoms with E-state index in [9.17, 15) is 0 Å². The van der Waals surface area contributed by atoms with Crippen LogP contribution in [0.1, 0.15) is 34.1 Å². The number of rotatable bonds is 3. The summed E-state index contributed by atoms with van der Waals surface area (Å²) in [7, 11) is 0. The molecule has 2 unspecified atom stereocenters. The van der Waals surface area contributed by atoms with Crippen molar-refractivity contribution in [1.82, 2.24) is 5.32 Å². The molecule has 0 saturated carbocycles. The fraction of sp³-hybridized carbons (Fsp3) is 1.00. The zero-order valence-corrected chi connectivity index (χ0v) is 8.63. The molecular formula is C10H21NO. The fourth-order valence-electron chi connectivity index (χ4n) is 1.73. The number of hydrogen-bond donors (Lipinski definition) is 1. The van der Waals surface area contributed by atoms with Gasteiger partial charge in [0.25, 0.3) is 0 Å². The van der Waals surface area contributed by atoms with E-state index in [1.54, 1.807) is 0 Å². The summed E-state index contributed by atoms with van der Waals surface area (Å²) in [6.07, 6.45) is 1.98. The average Bonchev–Trinajstić information content (AvgIpc) is 2.34. The van der Waals surface area contributed by atoms with Crippen LogP contribution in [-0.2, 0) is 4.74 Å². The van der Waals surface area contributed by atoms with Crippen molar-refractivity contribution in [2.24, 2.45) is 5.92 Å². The molecule has 72 valence electrons. The number of hydrogen-bond acceptors (Lipinski definition) is 2. The van der Waals surface area contributed by atoms with Crippen LogP contribution in [0, 0.1) is 5.92 Å². The van der Waals surface area contributed by atoms with Crippen molar-refractivity contribution in [3.05, 3.63) is 0 Å². The molecule has 1 heterocycles. The van der Waals surface area contributed by atoms with E-state index in [0.717, 1.165) is 12.5 Å². The van der Waals surface area contributed by atoms with E-state index in [2.05, 4.69) is 33.0 Å². The van der Waals surface area contributed by atoms with Crippen molar-refractivity contribution >= 4 is 0 Å². The topological polar surface area (TPSA) is 21.3 Å². The first-order valence-corrected chi connectivity index (χ1v) is 4.98. The van der Waals surface area contributed by atoms with Crippen LogP contribution in [0.25, 0.3) is 0 Å². The lowest BCUT2D eigenvalue weighted by Gasteiger charge is -2.16. The van der Waals surface area contributed by atoms with E-state index in [1.165, 1.54) is 6.42 Å². The summed E-state index contributed by atoms with van der Waals surface area (Å²) in [5.74, 6) is 0.728. The third-order valence-corrected chi connectivity index (χ3v) is 2.39. The molecule has 1 N–H and O–H groups in total. The molecule has 0 amide bonds. The summed E-state index contributed by atoms with van der Waals surface area (Å²) in [5, 5.41) is 3.49. The average molecular weight is 171 g/mol. The first-order valence-electron chi connectivity index (χ1n) is 4.98. The van der Waals surface area contributed by atoms with Crippen LogP contribution in [0.3, 0.4) is 0 Å². The van der Waals surface area contributed by atoms with Crippen LogP contribution >= 0.6 is 0 Å². The SMILES string of the molecule is CC(C)OC1CNC(C(C)C)C1. The molecule has 0 aliphatic carbocycles. The van der Waals surface area contributed by atoms with Gasteiger partial charge in [-0.25, -0.2) is 0 Å². The van der Waals surface area contributed by atoms with Crippen LogP contribution in [0.2, 0.25) is 0 Å². The fourth-order valence-corrected chi connectivity index (χ4v) is 1.73. The third kappa shape index (κ3) is 2.76. The first-order chi connectivity index (χ1) is 5.59. The maximum Gasteiger partial charge on any atom is 0.0717 e. The highest BCUT2D eigenvalue weighted by molar-refractivity contribution is 4.84. The Bertz CT molecular complexity index is 134. The van der Waals surface area contributed by atoms with Gasteiger partial charge in [0.1, 0.15) is 0 Å². The summed E-state index contributed by atoms with van der Waals surface area (Å²) in [4.78, 5) is 0. The van der Waals surface area contributed by atoms with Gasteiger partial charge < -0.3 is 10.1 Å². The monoisotopic (exact) mass is 171 g/mol. The maximum atomic E-state index is 5.73. The summed E-state index contributed by atoms with van der Waals surface area (Å²) >= 11 is 0. The van der Waals surface area contributed by atoms with Gasteiger partial charge in [-0.2, -0.15) is 0 Å². The molecule has 0 aromatic carbocycles. The van der Waals surface area contributed by atoms with Crippen molar-refractivity contribution in [3.8, 4) is 0 Å². The summed E-state index contributed by atoms with van der Waals surface area (Å²) in [6.45, 7) is 9.75. The van der Waals surface area contributed by atoms with Crippen LogP contribution in [-0.4, -0.2) is 24.8 Å². The highest BCUT2D eigenvalue weighted by Crippen LogP contribution is 2.17. The first kappa shape index (κ1) is 10.0. The van der Waals surface area contributed by atoms with Crippen molar-refractivity contribution in [2.45, 2.75) is 52.4 Å². The Hall–Kier alpha value is -0.0800. The number of ether oxygens (including phenoxy) is 1. The van der Waals surface area contributed by atoms with E-state index in [0.29, 0.717) is 18.2 Å². The second-order valence-corrected chi connectivity index (χ2v) is 4.30. The molecule has 2 nitrogen and oxygen atoms in total. The molecule has 1 aliphatic rings. The predicted octanol–water partition coefficient (Wildman–Crippen LogP) is 1.80. The molecule has 1 aliphatic heterocycles. The van der Waals surface area contributed by atoms with Gasteiger partial charge in [0.15, 0.2) is 0 Å². The smallest absolute Gasteiger partial charge is 0.0717 e. The summed E-state index contributed by atoms with van der Waals surface area (Å²) in [6, 6.07) is 0.661. The lowest BCUT2D eigenvalue weighted by Crippen LogP contribution is -2.26. The summed E-state index contributed by atoms with van der Waals surface area (Å²) in [5.41, 5.74) is 0. The lowest BCUT2D eigenvalue weighted by atomic mass is 10.0. The molecule has 2 atom stereocenters.